The first kappa shape index (κ1) is 36.8. The maximum absolute atomic E-state index is 14.0. The number of methoxy groups -OCH3 is 1. The molecule has 0 unspecified atom stereocenters. The molecular weight excluding hydrogens is 704 g/mol. The quantitative estimate of drug-likeness (QED) is 0.111. The van der Waals surface area contributed by atoms with E-state index in [1.807, 2.05) is 0 Å². The van der Waals surface area contributed by atoms with Gasteiger partial charge in [0.25, 0.3) is 32.8 Å². The SMILES string of the molecule is COc1ccc(N(CCCN(Cc2ccccc2)S(=O)(=O)c2ccc([N+](=O)[O-])cc2[N+](=O)[O-])S(=O)(=O)c2ccc([N+](=O)[O-])cc2[N+](=O)[O-])cc1. The Morgan fingerprint density at radius 3 is 1.58 bits per heavy atom. The molecule has 19 nitrogen and oxygen atoms in total. The molecule has 0 N–H and O–H groups in total. The zero-order valence-corrected chi connectivity index (χ0v) is 27.4. The third-order valence-corrected chi connectivity index (χ3v) is 11.0. The summed E-state index contributed by atoms with van der Waals surface area (Å²) in [6, 6.07) is 17.6. The van der Waals surface area contributed by atoms with E-state index in [2.05, 4.69) is 0 Å². The number of hydrogen-bond donors (Lipinski definition) is 0. The third-order valence-electron chi connectivity index (χ3n) is 7.22. The van der Waals surface area contributed by atoms with Crippen LogP contribution in [0.3, 0.4) is 0 Å². The highest BCUT2D eigenvalue weighted by molar-refractivity contribution is 7.93. The van der Waals surface area contributed by atoms with Gasteiger partial charge in [0.2, 0.25) is 10.0 Å². The van der Waals surface area contributed by atoms with Crippen molar-refractivity contribution in [2.24, 2.45) is 0 Å². The normalized spacial score (nSPS) is 11.6. The molecule has 0 atom stereocenters. The van der Waals surface area contributed by atoms with E-state index < -0.39 is 85.4 Å². The first-order chi connectivity index (χ1) is 23.6. The minimum Gasteiger partial charge on any atom is -0.497 e. The lowest BCUT2D eigenvalue weighted by atomic mass is 10.2. The summed E-state index contributed by atoms with van der Waals surface area (Å²) in [5.74, 6) is 0.331. The Hall–Kier alpha value is -6.06. The highest BCUT2D eigenvalue weighted by atomic mass is 32.2. The topological polar surface area (TPSA) is 257 Å². The Morgan fingerprint density at radius 1 is 0.620 bits per heavy atom. The number of nitro benzene ring substituents is 4. The molecule has 262 valence electrons. The van der Waals surface area contributed by atoms with Gasteiger partial charge < -0.3 is 4.74 Å². The van der Waals surface area contributed by atoms with Crippen molar-refractivity contribution in [3.05, 3.63) is 137 Å². The lowest BCUT2D eigenvalue weighted by molar-refractivity contribution is -0.396. The van der Waals surface area contributed by atoms with Crippen LogP contribution in [0.25, 0.3) is 0 Å². The molecule has 0 bridgehead atoms. The monoisotopic (exact) mass is 730 g/mol. The second-order valence-electron chi connectivity index (χ2n) is 10.3. The number of hydrogen-bond acceptors (Lipinski definition) is 13. The Labute approximate surface area is 283 Å². The molecule has 0 amide bonds. The van der Waals surface area contributed by atoms with Gasteiger partial charge >= 0.3 is 0 Å². The molecule has 4 rings (SSSR count). The van der Waals surface area contributed by atoms with E-state index in [9.17, 15) is 57.3 Å². The highest BCUT2D eigenvalue weighted by Crippen LogP contribution is 2.35. The number of benzene rings is 4. The zero-order chi connectivity index (χ0) is 36.8. The molecule has 0 aliphatic heterocycles. The summed E-state index contributed by atoms with van der Waals surface area (Å²) in [7, 11) is -8.27. The van der Waals surface area contributed by atoms with Gasteiger partial charge in [-0.05, 0) is 48.4 Å². The number of nitro groups is 4. The zero-order valence-electron chi connectivity index (χ0n) is 25.8. The van der Waals surface area contributed by atoms with Crippen LogP contribution in [0.5, 0.6) is 5.75 Å². The summed E-state index contributed by atoms with van der Waals surface area (Å²) < 4.78 is 62.7. The van der Waals surface area contributed by atoms with E-state index in [0.717, 1.165) is 32.9 Å². The van der Waals surface area contributed by atoms with E-state index in [1.54, 1.807) is 30.3 Å². The van der Waals surface area contributed by atoms with Crippen LogP contribution in [0.2, 0.25) is 0 Å². The average Bonchev–Trinajstić information content (AvgIpc) is 3.09. The van der Waals surface area contributed by atoms with Crippen LogP contribution in [0, 0.1) is 40.5 Å². The second kappa shape index (κ2) is 15.0. The summed E-state index contributed by atoms with van der Waals surface area (Å²) in [6.07, 6.45) is -0.293. The van der Waals surface area contributed by atoms with E-state index in [4.69, 9.17) is 4.74 Å². The van der Waals surface area contributed by atoms with Gasteiger partial charge in [-0.2, -0.15) is 4.31 Å². The number of nitrogens with zero attached hydrogens (tertiary/aromatic N) is 6. The van der Waals surface area contributed by atoms with Crippen molar-refractivity contribution in [2.75, 3.05) is 24.5 Å². The summed E-state index contributed by atoms with van der Waals surface area (Å²) in [5.41, 5.74) is -3.15. The smallest absolute Gasteiger partial charge is 0.296 e. The predicted octanol–water partition coefficient (Wildman–Crippen LogP) is 4.80. The maximum Gasteiger partial charge on any atom is 0.296 e. The van der Waals surface area contributed by atoms with Crippen LogP contribution in [-0.2, 0) is 26.6 Å². The van der Waals surface area contributed by atoms with Crippen molar-refractivity contribution in [3.63, 3.8) is 0 Å². The first-order valence-corrected chi connectivity index (χ1v) is 17.0. The van der Waals surface area contributed by atoms with Gasteiger partial charge in [-0.15, -0.1) is 0 Å². The molecule has 0 aliphatic rings. The molecule has 50 heavy (non-hydrogen) atoms. The molecule has 0 fully saturated rings. The van der Waals surface area contributed by atoms with Crippen LogP contribution >= 0.6 is 0 Å². The Morgan fingerprint density at radius 2 is 1.12 bits per heavy atom. The van der Waals surface area contributed by atoms with Gasteiger partial charge in [0.05, 0.1) is 44.6 Å². The minimum absolute atomic E-state index is 0.0260. The number of anilines is 1. The van der Waals surface area contributed by atoms with E-state index >= 15 is 0 Å². The number of ether oxygens (including phenoxy) is 1. The molecule has 4 aromatic carbocycles. The maximum atomic E-state index is 14.0. The van der Waals surface area contributed by atoms with Crippen molar-refractivity contribution in [2.45, 2.75) is 22.8 Å². The molecule has 0 aliphatic carbocycles. The van der Waals surface area contributed by atoms with Gasteiger partial charge in [-0.3, -0.25) is 44.8 Å². The fourth-order valence-corrected chi connectivity index (χ4v) is 8.06. The van der Waals surface area contributed by atoms with Gasteiger partial charge in [-0.1, -0.05) is 30.3 Å². The number of sulfonamides is 2. The van der Waals surface area contributed by atoms with Crippen LogP contribution < -0.4 is 9.04 Å². The molecule has 0 heterocycles. The largest absolute Gasteiger partial charge is 0.497 e. The minimum atomic E-state index is -4.86. The van der Waals surface area contributed by atoms with Crippen LogP contribution in [0.1, 0.15) is 12.0 Å². The van der Waals surface area contributed by atoms with Crippen molar-refractivity contribution >= 4 is 48.5 Å². The van der Waals surface area contributed by atoms with Gasteiger partial charge in [-0.25, -0.2) is 16.8 Å². The molecular formula is C29H26N6O13S2. The number of rotatable bonds is 16. The Bertz CT molecular complexity index is 2170. The molecule has 0 aromatic heterocycles. The summed E-state index contributed by atoms with van der Waals surface area (Å²) in [4.78, 5) is 40.5. The van der Waals surface area contributed by atoms with E-state index in [1.165, 1.54) is 31.4 Å². The summed E-state index contributed by atoms with van der Waals surface area (Å²) in [6.45, 7) is -1.32. The van der Waals surface area contributed by atoms with Crippen LogP contribution in [0.4, 0.5) is 28.4 Å². The lowest BCUT2D eigenvalue weighted by Gasteiger charge is -2.27. The van der Waals surface area contributed by atoms with Crippen molar-refractivity contribution in [3.8, 4) is 5.75 Å². The fraction of sp³-hybridized carbons (Fsp3) is 0.172. The second-order valence-corrected chi connectivity index (χ2v) is 14.0. The van der Waals surface area contributed by atoms with Gasteiger partial charge in [0, 0.05) is 31.8 Å². The van der Waals surface area contributed by atoms with E-state index in [0.29, 0.717) is 23.4 Å². The molecule has 0 radical (unpaired) electrons. The molecule has 0 spiro atoms. The number of non-ortho nitro benzene ring substituents is 2. The van der Waals surface area contributed by atoms with E-state index in [-0.39, 0.29) is 18.7 Å². The Kier molecular flexibility index (Phi) is 11.0. The van der Waals surface area contributed by atoms with Gasteiger partial charge in [0.1, 0.15) is 5.75 Å². The molecule has 0 saturated heterocycles. The first-order valence-electron chi connectivity index (χ1n) is 14.1. The van der Waals surface area contributed by atoms with Crippen molar-refractivity contribution in [1.82, 2.24) is 4.31 Å². The molecule has 0 saturated carbocycles. The molecule has 21 heteroatoms. The predicted molar refractivity (Wildman–Crippen MR) is 176 cm³/mol. The van der Waals surface area contributed by atoms with Gasteiger partial charge in [0.15, 0.2) is 9.79 Å². The lowest BCUT2D eigenvalue weighted by Crippen LogP contribution is -2.37. The fourth-order valence-electron chi connectivity index (χ4n) is 4.82. The average molecular weight is 731 g/mol. The third kappa shape index (κ3) is 7.97. The standard InChI is InChI=1S/C29H26N6O13S2/c1-48-25-12-8-22(9-13-25)31(50(46,47)29-15-11-24(33(38)39)19-27(29)35(42)43)17-5-16-30(20-21-6-3-2-4-7-21)49(44,45)28-14-10-23(32(36)37)18-26(28)34(40)41/h2-4,6-15,18-19H,5,16-17,20H2,1H3. The van der Waals surface area contributed by atoms with Crippen molar-refractivity contribution in [1.29, 1.82) is 0 Å². The molecule has 4 aromatic rings. The summed E-state index contributed by atoms with van der Waals surface area (Å²) in [5, 5.41) is 46.2. The Balaban J connectivity index is 1.77. The van der Waals surface area contributed by atoms with Crippen molar-refractivity contribution < 1.29 is 41.3 Å². The van der Waals surface area contributed by atoms with Crippen LogP contribution in [-0.4, -0.2) is 61.0 Å². The summed E-state index contributed by atoms with van der Waals surface area (Å²) >= 11 is 0. The van der Waals surface area contributed by atoms with Crippen LogP contribution in [0.15, 0.2) is 101 Å². The highest BCUT2D eigenvalue weighted by Gasteiger charge is 2.36.